The van der Waals surface area contributed by atoms with Crippen LogP contribution in [0, 0.1) is 5.92 Å². The van der Waals surface area contributed by atoms with E-state index >= 15 is 0 Å². The molecule has 1 aromatic heterocycles. The minimum Gasteiger partial charge on any atom is -0.341 e. The van der Waals surface area contributed by atoms with Gasteiger partial charge in [-0.15, -0.1) is 0 Å². The van der Waals surface area contributed by atoms with Crippen molar-refractivity contribution in [2.45, 2.75) is 44.9 Å². The van der Waals surface area contributed by atoms with E-state index in [2.05, 4.69) is 20.2 Å². The van der Waals surface area contributed by atoms with Crippen molar-refractivity contribution >= 4 is 17.5 Å². The van der Waals surface area contributed by atoms with Crippen LogP contribution in [0.4, 0.5) is 11.6 Å². The minimum atomic E-state index is 0.127. The van der Waals surface area contributed by atoms with Crippen LogP contribution in [0.1, 0.15) is 44.9 Å². The van der Waals surface area contributed by atoms with E-state index in [1.54, 1.807) is 12.4 Å². The third-order valence-electron chi connectivity index (χ3n) is 4.27. The maximum absolute atomic E-state index is 12.1. The molecule has 1 saturated heterocycles. The normalized spacial score (nSPS) is 20.1. The molecule has 1 aromatic rings. The third kappa shape index (κ3) is 3.08. The van der Waals surface area contributed by atoms with Crippen LogP contribution in [0.25, 0.3) is 0 Å². The van der Waals surface area contributed by atoms with Crippen LogP contribution >= 0.6 is 0 Å². The Labute approximate surface area is 119 Å². The van der Waals surface area contributed by atoms with Gasteiger partial charge in [-0.25, -0.2) is 9.97 Å². The zero-order chi connectivity index (χ0) is 13.8. The van der Waals surface area contributed by atoms with Crippen LogP contribution in [-0.4, -0.2) is 29.0 Å². The Bertz CT molecular complexity index is 447. The lowest BCUT2D eigenvalue weighted by atomic mass is 9.89. The van der Waals surface area contributed by atoms with Crippen LogP contribution in [0.2, 0.25) is 0 Å². The molecule has 0 bridgehead atoms. The van der Waals surface area contributed by atoms with Gasteiger partial charge in [-0.05, 0) is 25.7 Å². The Morgan fingerprint density at radius 2 is 1.70 bits per heavy atom. The van der Waals surface area contributed by atoms with Crippen molar-refractivity contribution in [3.05, 3.63) is 12.4 Å². The molecule has 5 heteroatoms. The molecule has 3 rings (SSSR count). The number of carbonyl (C=O) groups excluding carboxylic acids is 1. The molecule has 2 aliphatic rings. The lowest BCUT2D eigenvalue weighted by molar-refractivity contribution is -0.120. The molecule has 0 radical (unpaired) electrons. The summed E-state index contributed by atoms with van der Waals surface area (Å²) < 4.78 is 0. The van der Waals surface area contributed by atoms with Crippen molar-refractivity contribution in [2.24, 2.45) is 5.92 Å². The Morgan fingerprint density at radius 1 is 1.05 bits per heavy atom. The van der Waals surface area contributed by atoms with Gasteiger partial charge in [0.05, 0.1) is 18.1 Å². The first-order valence-electron chi connectivity index (χ1n) is 7.71. The number of anilines is 2. The molecule has 1 N–H and O–H groups in total. The summed E-state index contributed by atoms with van der Waals surface area (Å²) in [6, 6.07) is 0. The molecule has 1 aliphatic heterocycles. The fourth-order valence-electron chi connectivity index (χ4n) is 3.08. The molecule has 2 fully saturated rings. The molecule has 1 saturated carbocycles. The van der Waals surface area contributed by atoms with Crippen LogP contribution < -0.4 is 10.2 Å². The first-order chi connectivity index (χ1) is 9.83. The maximum atomic E-state index is 12.1. The second-order valence-electron chi connectivity index (χ2n) is 5.79. The summed E-state index contributed by atoms with van der Waals surface area (Å²) in [6.07, 6.45) is 11.5. The molecule has 0 aromatic carbocycles. The van der Waals surface area contributed by atoms with Crippen molar-refractivity contribution in [3.63, 3.8) is 0 Å². The van der Waals surface area contributed by atoms with E-state index in [0.717, 1.165) is 31.9 Å². The lowest BCUT2D eigenvalue weighted by Gasteiger charge is -2.20. The summed E-state index contributed by atoms with van der Waals surface area (Å²) in [6.45, 7) is 2.07. The fourth-order valence-corrected chi connectivity index (χ4v) is 3.08. The molecule has 0 spiro atoms. The molecule has 0 unspecified atom stereocenters. The first kappa shape index (κ1) is 13.3. The standard InChI is InChI=1S/C15H22N4O/c20-14(12-6-2-1-3-7-12)18-13-10-16-15(17-11-13)19-8-4-5-9-19/h10-12H,1-9H2,(H,18,20). The highest BCUT2D eigenvalue weighted by molar-refractivity contribution is 5.92. The topological polar surface area (TPSA) is 58.1 Å². The van der Waals surface area contributed by atoms with E-state index < -0.39 is 0 Å². The van der Waals surface area contributed by atoms with Crippen LogP contribution in [0.15, 0.2) is 12.4 Å². The summed E-state index contributed by atoms with van der Waals surface area (Å²) in [7, 11) is 0. The molecule has 5 nitrogen and oxygen atoms in total. The van der Waals surface area contributed by atoms with Crippen LogP contribution in [0.3, 0.4) is 0 Å². The largest absolute Gasteiger partial charge is 0.341 e. The second-order valence-corrected chi connectivity index (χ2v) is 5.79. The van der Waals surface area contributed by atoms with E-state index in [-0.39, 0.29) is 11.8 Å². The number of aromatic nitrogens is 2. The van der Waals surface area contributed by atoms with Crippen molar-refractivity contribution in [2.75, 3.05) is 23.3 Å². The monoisotopic (exact) mass is 274 g/mol. The van der Waals surface area contributed by atoms with Gasteiger partial charge in [0.2, 0.25) is 11.9 Å². The Hall–Kier alpha value is -1.65. The van der Waals surface area contributed by atoms with Crippen molar-refractivity contribution in [3.8, 4) is 0 Å². The average Bonchev–Trinajstić information content (AvgIpc) is 3.03. The fraction of sp³-hybridized carbons (Fsp3) is 0.667. The van der Waals surface area contributed by atoms with Crippen molar-refractivity contribution < 1.29 is 4.79 Å². The number of amides is 1. The number of nitrogens with one attached hydrogen (secondary N) is 1. The van der Waals surface area contributed by atoms with Gasteiger partial charge in [0, 0.05) is 19.0 Å². The SMILES string of the molecule is O=C(Nc1cnc(N2CCCC2)nc1)C1CCCCC1. The zero-order valence-corrected chi connectivity index (χ0v) is 11.8. The highest BCUT2D eigenvalue weighted by Crippen LogP contribution is 2.25. The van der Waals surface area contributed by atoms with E-state index in [4.69, 9.17) is 0 Å². The molecule has 1 aliphatic carbocycles. The number of nitrogens with zero attached hydrogens (tertiary/aromatic N) is 3. The van der Waals surface area contributed by atoms with Gasteiger partial charge in [0.15, 0.2) is 0 Å². The second kappa shape index (κ2) is 6.20. The van der Waals surface area contributed by atoms with Crippen LogP contribution in [0.5, 0.6) is 0 Å². The summed E-state index contributed by atoms with van der Waals surface area (Å²) in [4.78, 5) is 23.0. The molecule has 0 atom stereocenters. The van der Waals surface area contributed by atoms with Gasteiger partial charge in [0.1, 0.15) is 0 Å². The van der Waals surface area contributed by atoms with Crippen molar-refractivity contribution in [1.82, 2.24) is 9.97 Å². The Balaban J connectivity index is 1.58. The van der Waals surface area contributed by atoms with Gasteiger partial charge < -0.3 is 10.2 Å². The van der Waals surface area contributed by atoms with E-state index in [1.165, 1.54) is 32.1 Å². The zero-order valence-electron chi connectivity index (χ0n) is 11.8. The molecule has 2 heterocycles. The van der Waals surface area contributed by atoms with E-state index in [1.807, 2.05) is 0 Å². The predicted molar refractivity (Wildman–Crippen MR) is 78.7 cm³/mol. The molecular weight excluding hydrogens is 252 g/mol. The smallest absolute Gasteiger partial charge is 0.227 e. The Kier molecular flexibility index (Phi) is 4.14. The lowest BCUT2D eigenvalue weighted by Crippen LogP contribution is -2.25. The number of rotatable bonds is 3. The third-order valence-corrected chi connectivity index (χ3v) is 4.27. The summed E-state index contributed by atoms with van der Waals surface area (Å²) >= 11 is 0. The average molecular weight is 274 g/mol. The molecule has 1 amide bonds. The van der Waals surface area contributed by atoms with Gasteiger partial charge in [-0.2, -0.15) is 0 Å². The summed E-state index contributed by atoms with van der Waals surface area (Å²) in [5, 5.41) is 2.95. The predicted octanol–water partition coefficient (Wildman–Crippen LogP) is 2.60. The van der Waals surface area contributed by atoms with Gasteiger partial charge in [-0.3, -0.25) is 4.79 Å². The first-order valence-corrected chi connectivity index (χ1v) is 7.71. The maximum Gasteiger partial charge on any atom is 0.227 e. The number of carbonyl (C=O) groups is 1. The van der Waals surface area contributed by atoms with Gasteiger partial charge in [0.25, 0.3) is 0 Å². The quantitative estimate of drug-likeness (QED) is 0.920. The highest BCUT2D eigenvalue weighted by Gasteiger charge is 2.21. The number of hydrogen-bond donors (Lipinski definition) is 1. The molecular formula is C15H22N4O. The summed E-state index contributed by atoms with van der Waals surface area (Å²) in [5.74, 6) is 1.07. The van der Waals surface area contributed by atoms with E-state index in [0.29, 0.717) is 5.69 Å². The van der Waals surface area contributed by atoms with Gasteiger partial charge >= 0.3 is 0 Å². The highest BCUT2D eigenvalue weighted by atomic mass is 16.1. The number of hydrogen-bond acceptors (Lipinski definition) is 4. The van der Waals surface area contributed by atoms with Crippen LogP contribution in [-0.2, 0) is 4.79 Å². The minimum absolute atomic E-state index is 0.127. The summed E-state index contributed by atoms with van der Waals surface area (Å²) in [5.41, 5.74) is 0.712. The van der Waals surface area contributed by atoms with E-state index in [9.17, 15) is 4.79 Å². The van der Waals surface area contributed by atoms with Crippen molar-refractivity contribution in [1.29, 1.82) is 0 Å². The Morgan fingerprint density at radius 3 is 2.35 bits per heavy atom. The molecule has 20 heavy (non-hydrogen) atoms. The van der Waals surface area contributed by atoms with Gasteiger partial charge in [-0.1, -0.05) is 19.3 Å². The molecule has 108 valence electrons.